The van der Waals surface area contributed by atoms with Crippen molar-refractivity contribution in [2.75, 3.05) is 0 Å². The minimum absolute atomic E-state index is 0.119. The molecule has 0 amide bonds. The van der Waals surface area contributed by atoms with E-state index in [2.05, 4.69) is 41.5 Å². The third-order valence-corrected chi connectivity index (χ3v) is 3.19. The summed E-state index contributed by atoms with van der Waals surface area (Å²) in [4.78, 5) is 12.2. The molecule has 0 aliphatic carbocycles. The normalized spacial score (nSPS) is 14.5. The Morgan fingerprint density at radius 3 is 1.64 bits per heavy atom. The van der Waals surface area contributed by atoms with Crippen LogP contribution in [0.4, 0.5) is 0 Å². The molecule has 1 heteroatoms. The zero-order valence-corrected chi connectivity index (χ0v) is 10.7. The van der Waals surface area contributed by atoms with E-state index in [4.69, 9.17) is 0 Å². The SMILES string of the molecule is CCC(CC)C(=O)C(CC)C(C)(C)C. The van der Waals surface area contributed by atoms with Crippen LogP contribution in [0.1, 0.15) is 60.8 Å². The maximum Gasteiger partial charge on any atom is 0.139 e. The largest absolute Gasteiger partial charge is 0.299 e. The molecule has 84 valence electrons. The topological polar surface area (TPSA) is 17.1 Å². The van der Waals surface area contributed by atoms with Crippen molar-refractivity contribution in [1.29, 1.82) is 0 Å². The highest BCUT2D eigenvalue weighted by atomic mass is 16.1. The highest BCUT2D eigenvalue weighted by Crippen LogP contribution is 2.32. The Morgan fingerprint density at radius 2 is 1.43 bits per heavy atom. The summed E-state index contributed by atoms with van der Waals surface area (Å²) in [5, 5.41) is 0. The van der Waals surface area contributed by atoms with Gasteiger partial charge in [-0.1, -0.05) is 41.5 Å². The zero-order chi connectivity index (χ0) is 11.4. The van der Waals surface area contributed by atoms with Crippen molar-refractivity contribution in [3.05, 3.63) is 0 Å². The second-order valence-corrected chi connectivity index (χ2v) is 5.24. The maximum atomic E-state index is 12.2. The molecule has 0 aliphatic heterocycles. The van der Waals surface area contributed by atoms with Crippen molar-refractivity contribution in [2.24, 2.45) is 17.3 Å². The van der Waals surface area contributed by atoms with Crippen molar-refractivity contribution in [3.63, 3.8) is 0 Å². The summed E-state index contributed by atoms with van der Waals surface area (Å²) in [5.41, 5.74) is 0.119. The number of carbonyl (C=O) groups is 1. The molecule has 0 aromatic heterocycles. The van der Waals surface area contributed by atoms with Gasteiger partial charge in [0.1, 0.15) is 5.78 Å². The van der Waals surface area contributed by atoms with Crippen LogP contribution < -0.4 is 0 Å². The Bertz CT molecular complexity index is 172. The second-order valence-electron chi connectivity index (χ2n) is 5.24. The number of carbonyl (C=O) groups excluding carboxylic acids is 1. The van der Waals surface area contributed by atoms with Crippen LogP contribution in [0.5, 0.6) is 0 Å². The molecular weight excluding hydrogens is 172 g/mol. The van der Waals surface area contributed by atoms with Crippen molar-refractivity contribution >= 4 is 5.78 Å². The summed E-state index contributed by atoms with van der Waals surface area (Å²) in [5.74, 6) is 0.983. The quantitative estimate of drug-likeness (QED) is 0.651. The molecule has 0 aromatic rings. The van der Waals surface area contributed by atoms with Crippen molar-refractivity contribution < 1.29 is 4.79 Å². The van der Waals surface area contributed by atoms with E-state index in [-0.39, 0.29) is 17.3 Å². The van der Waals surface area contributed by atoms with Gasteiger partial charge in [0, 0.05) is 11.8 Å². The molecule has 0 saturated heterocycles. The summed E-state index contributed by atoms with van der Waals surface area (Å²) >= 11 is 0. The van der Waals surface area contributed by atoms with Crippen LogP contribution in [0, 0.1) is 17.3 Å². The van der Waals surface area contributed by atoms with E-state index in [1.807, 2.05) is 0 Å². The van der Waals surface area contributed by atoms with E-state index in [0.29, 0.717) is 5.78 Å². The van der Waals surface area contributed by atoms with Crippen LogP contribution in [0.25, 0.3) is 0 Å². The Hall–Kier alpha value is -0.330. The van der Waals surface area contributed by atoms with Gasteiger partial charge in [-0.05, 0) is 24.7 Å². The molecule has 1 unspecified atom stereocenters. The predicted molar refractivity (Wildman–Crippen MR) is 62.3 cm³/mol. The van der Waals surface area contributed by atoms with Crippen LogP contribution in [-0.4, -0.2) is 5.78 Å². The molecule has 0 aromatic carbocycles. The highest BCUT2D eigenvalue weighted by Gasteiger charge is 2.32. The Kier molecular flexibility index (Phi) is 5.40. The number of rotatable bonds is 5. The molecule has 0 fully saturated rings. The van der Waals surface area contributed by atoms with E-state index in [0.717, 1.165) is 19.3 Å². The molecule has 1 nitrogen and oxygen atoms in total. The highest BCUT2D eigenvalue weighted by molar-refractivity contribution is 5.83. The monoisotopic (exact) mass is 198 g/mol. The van der Waals surface area contributed by atoms with Crippen molar-refractivity contribution in [1.82, 2.24) is 0 Å². The fourth-order valence-electron chi connectivity index (χ4n) is 2.22. The van der Waals surface area contributed by atoms with Gasteiger partial charge in [-0.15, -0.1) is 0 Å². The number of Topliss-reactive ketones (excluding diaryl/α,β-unsaturated/α-hetero) is 1. The summed E-state index contributed by atoms with van der Waals surface area (Å²) in [6.45, 7) is 12.9. The van der Waals surface area contributed by atoms with Gasteiger partial charge in [-0.25, -0.2) is 0 Å². The Morgan fingerprint density at radius 1 is 1.00 bits per heavy atom. The lowest BCUT2D eigenvalue weighted by Gasteiger charge is -2.31. The number of hydrogen-bond donors (Lipinski definition) is 0. The molecule has 0 radical (unpaired) electrons. The maximum absolute atomic E-state index is 12.2. The Labute approximate surface area is 89.3 Å². The third-order valence-electron chi connectivity index (χ3n) is 3.19. The lowest BCUT2D eigenvalue weighted by molar-refractivity contribution is -0.130. The first-order chi connectivity index (χ1) is 6.38. The lowest BCUT2D eigenvalue weighted by atomic mass is 9.72. The average Bonchev–Trinajstić information content (AvgIpc) is 2.05. The van der Waals surface area contributed by atoms with Crippen molar-refractivity contribution in [3.8, 4) is 0 Å². The number of hydrogen-bond acceptors (Lipinski definition) is 1. The Balaban J connectivity index is 4.61. The lowest BCUT2D eigenvalue weighted by Crippen LogP contribution is -2.32. The molecule has 14 heavy (non-hydrogen) atoms. The predicted octanol–water partition coefficient (Wildman–Crippen LogP) is 4.06. The van der Waals surface area contributed by atoms with Gasteiger partial charge in [-0.2, -0.15) is 0 Å². The van der Waals surface area contributed by atoms with Crippen molar-refractivity contribution in [2.45, 2.75) is 60.8 Å². The van der Waals surface area contributed by atoms with E-state index in [1.54, 1.807) is 0 Å². The average molecular weight is 198 g/mol. The van der Waals surface area contributed by atoms with Gasteiger partial charge in [0.15, 0.2) is 0 Å². The van der Waals surface area contributed by atoms with Crippen LogP contribution in [0.2, 0.25) is 0 Å². The first-order valence-electron chi connectivity index (χ1n) is 5.92. The van der Waals surface area contributed by atoms with E-state index >= 15 is 0 Å². The van der Waals surface area contributed by atoms with Crippen LogP contribution in [0.3, 0.4) is 0 Å². The third kappa shape index (κ3) is 3.43. The number of ketones is 1. The van der Waals surface area contributed by atoms with Gasteiger partial charge in [0.25, 0.3) is 0 Å². The summed E-state index contributed by atoms with van der Waals surface area (Å²) < 4.78 is 0. The first kappa shape index (κ1) is 13.7. The van der Waals surface area contributed by atoms with Gasteiger partial charge in [0.2, 0.25) is 0 Å². The van der Waals surface area contributed by atoms with Crippen LogP contribution in [-0.2, 0) is 4.79 Å². The summed E-state index contributed by atoms with van der Waals surface area (Å²) in [7, 11) is 0. The van der Waals surface area contributed by atoms with Gasteiger partial charge in [0.05, 0.1) is 0 Å². The molecule has 0 bridgehead atoms. The summed E-state index contributed by atoms with van der Waals surface area (Å²) in [6, 6.07) is 0. The van der Waals surface area contributed by atoms with Crippen LogP contribution >= 0.6 is 0 Å². The van der Waals surface area contributed by atoms with E-state index in [1.165, 1.54) is 0 Å². The fraction of sp³-hybridized carbons (Fsp3) is 0.923. The van der Waals surface area contributed by atoms with Crippen LogP contribution in [0.15, 0.2) is 0 Å². The smallest absolute Gasteiger partial charge is 0.139 e. The van der Waals surface area contributed by atoms with E-state index < -0.39 is 0 Å². The fourth-order valence-corrected chi connectivity index (χ4v) is 2.22. The minimum atomic E-state index is 0.119. The molecule has 0 heterocycles. The zero-order valence-electron chi connectivity index (χ0n) is 10.7. The molecule has 0 rings (SSSR count). The van der Waals surface area contributed by atoms with Gasteiger partial charge >= 0.3 is 0 Å². The molecule has 0 spiro atoms. The molecule has 0 aliphatic rings. The molecular formula is C13H26O. The first-order valence-corrected chi connectivity index (χ1v) is 5.92. The standard InChI is InChI=1S/C13H26O/c1-7-10(8-2)12(14)11(9-3)13(4,5)6/h10-11H,7-9H2,1-6H3. The molecule has 0 N–H and O–H groups in total. The molecule has 0 saturated carbocycles. The second kappa shape index (κ2) is 5.53. The summed E-state index contributed by atoms with van der Waals surface area (Å²) in [6.07, 6.45) is 2.95. The minimum Gasteiger partial charge on any atom is -0.299 e. The van der Waals surface area contributed by atoms with E-state index in [9.17, 15) is 4.79 Å². The van der Waals surface area contributed by atoms with Gasteiger partial charge in [-0.3, -0.25) is 4.79 Å². The molecule has 1 atom stereocenters. The van der Waals surface area contributed by atoms with Gasteiger partial charge < -0.3 is 0 Å².